The zero-order chi connectivity index (χ0) is 15.4. The molecule has 0 saturated heterocycles. The standard InChI is InChI=1S/C14H11N3O4/c1-16(15-19)13-8-7-11(17(20)21)9-12(13)14(18)10-5-3-2-4-6-10/h2-9H,1H3. The number of anilines is 1. The first-order valence-electron chi connectivity index (χ1n) is 5.99. The lowest BCUT2D eigenvalue weighted by Gasteiger charge is -2.13. The predicted octanol–water partition coefficient (Wildman–Crippen LogP) is 2.94. The molecule has 2 rings (SSSR count). The van der Waals surface area contributed by atoms with Crippen LogP contribution in [0.3, 0.4) is 0 Å². The summed E-state index contributed by atoms with van der Waals surface area (Å²) in [6.45, 7) is 0. The van der Waals surface area contributed by atoms with Crippen LogP contribution in [0.5, 0.6) is 0 Å². The molecule has 0 radical (unpaired) electrons. The Bertz CT molecular complexity index is 701. The van der Waals surface area contributed by atoms with Crippen molar-refractivity contribution in [2.45, 2.75) is 0 Å². The molecule has 7 nitrogen and oxygen atoms in total. The minimum absolute atomic E-state index is 0.0532. The van der Waals surface area contributed by atoms with E-state index in [0.29, 0.717) is 5.56 Å². The Morgan fingerprint density at radius 2 is 1.86 bits per heavy atom. The van der Waals surface area contributed by atoms with Gasteiger partial charge >= 0.3 is 0 Å². The molecule has 0 aliphatic heterocycles. The molecule has 0 unspecified atom stereocenters. The quantitative estimate of drug-likeness (QED) is 0.364. The molecule has 21 heavy (non-hydrogen) atoms. The Kier molecular flexibility index (Phi) is 4.03. The number of ketones is 1. The Morgan fingerprint density at radius 1 is 1.19 bits per heavy atom. The summed E-state index contributed by atoms with van der Waals surface area (Å²) in [5.41, 5.74) is 0.415. The highest BCUT2D eigenvalue weighted by molar-refractivity contribution is 6.12. The van der Waals surface area contributed by atoms with Gasteiger partial charge in [-0.05, 0) is 6.07 Å². The van der Waals surface area contributed by atoms with Crippen LogP contribution in [0.2, 0.25) is 0 Å². The third kappa shape index (κ3) is 2.92. The van der Waals surface area contributed by atoms with Gasteiger partial charge in [-0.3, -0.25) is 14.9 Å². The number of nitrogens with zero attached hydrogens (tertiary/aromatic N) is 3. The first-order valence-corrected chi connectivity index (χ1v) is 5.99. The smallest absolute Gasteiger partial charge is 0.270 e. The monoisotopic (exact) mass is 285 g/mol. The maximum absolute atomic E-state index is 12.5. The average molecular weight is 285 g/mol. The second kappa shape index (κ2) is 5.91. The van der Waals surface area contributed by atoms with Crippen LogP contribution in [0.25, 0.3) is 0 Å². The van der Waals surface area contributed by atoms with Crippen LogP contribution in [0, 0.1) is 15.0 Å². The lowest BCUT2D eigenvalue weighted by molar-refractivity contribution is -0.384. The van der Waals surface area contributed by atoms with Crippen LogP contribution in [-0.2, 0) is 0 Å². The zero-order valence-electron chi connectivity index (χ0n) is 11.1. The van der Waals surface area contributed by atoms with Gasteiger partial charge in [0.05, 0.1) is 21.5 Å². The number of non-ortho nitro benzene ring substituents is 1. The lowest BCUT2D eigenvalue weighted by Crippen LogP contribution is -2.13. The Balaban J connectivity index is 2.58. The fourth-order valence-corrected chi connectivity index (χ4v) is 1.89. The molecule has 7 heteroatoms. The van der Waals surface area contributed by atoms with Crippen molar-refractivity contribution in [2.75, 3.05) is 12.1 Å². The first-order chi connectivity index (χ1) is 10.0. The molecule has 2 aromatic rings. The molecule has 0 amide bonds. The zero-order valence-corrected chi connectivity index (χ0v) is 11.1. The second-order valence-corrected chi connectivity index (χ2v) is 4.26. The molecule has 0 heterocycles. The number of carbonyl (C=O) groups is 1. The topological polar surface area (TPSA) is 92.9 Å². The number of nitroso groups, excluding NO2 is 1. The van der Waals surface area contributed by atoms with Crippen molar-refractivity contribution in [1.29, 1.82) is 0 Å². The van der Waals surface area contributed by atoms with Gasteiger partial charge < -0.3 is 0 Å². The van der Waals surface area contributed by atoms with Gasteiger partial charge in [0.25, 0.3) is 5.69 Å². The van der Waals surface area contributed by atoms with Crippen LogP contribution in [0.15, 0.2) is 53.8 Å². The molecule has 106 valence electrons. The lowest BCUT2D eigenvalue weighted by atomic mass is 10.0. The van der Waals surface area contributed by atoms with Crippen LogP contribution in [0.1, 0.15) is 15.9 Å². The Labute approximate surface area is 119 Å². The van der Waals surface area contributed by atoms with Crippen molar-refractivity contribution in [3.63, 3.8) is 0 Å². The van der Waals surface area contributed by atoms with Crippen molar-refractivity contribution in [3.8, 4) is 0 Å². The largest absolute Gasteiger partial charge is 0.289 e. The summed E-state index contributed by atoms with van der Waals surface area (Å²) in [6.07, 6.45) is 0. The van der Waals surface area contributed by atoms with E-state index < -0.39 is 10.7 Å². The van der Waals surface area contributed by atoms with Gasteiger partial charge in [-0.1, -0.05) is 30.3 Å². The normalized spacial score (nSPS) is 9.95. The third-order valence-corrected chi connectivity index (χ3v) is 2.94. The summed E-state index contributed by atoms with van der Waals surface area (Å²) in [5.74, 6) is -0.412. The molecule has 0 bridgehead atoms. The summed E-state index contributed by atoms with van der Waals surface area (Å²) >= 11 is 0. The second-order valence-electron chi connectivity index (χ2n) is 4.26. The fraction of sp³-hybridized carbons (Fsp3) is 0.0714. The molecule has 0 N–H and O–H groups in total. The van der Waals surface area contributed by atoms with Gasteiger partial charge in [0, 0.05) is 24.7 Å². The van der Waals surface area contributed by atoms with Crippen molar-refractivity contribution in [2.24, 2.45) is 5.29 Å². The van der Waals surface area contributed by atoms with Crippen LogP contribution in [-0.4, -0.2) is 17.8 Å². The fourth-order valence-electron chi connectivity index (χ4n) is 1.89. The minimum atomic E-state index is -0.597. The molecule has 0 fully saturated rings. The van der Waals surface area contributed by atoms with Crippen LogP contribution >= 0.6 is 0 Å². The highest BCUT2D eigenvalue weighted by atomic mass is 16.6. The summed E-state index contributed by atoms with van der Waals surface area (Å²) in [6, 6.07) is 12.0. The van der Waals surface area contributed by atoms with E-state index in [4.69, 9.17) is 0 Å². The number of rotatable bonds is 5. The van der Waals surface area contributed by atoms with Crippen LogP contribution < -0.4 is 5.01 Å². The maximum Gasteiger partial charge on any atom is 0.270 e. The predicted molar refractivity (Wildman–Crippen MR) is 77.2 cm³/mol. The van der Waals surface area contributed by atoms with Gasteiger partial charge in [-0.2, -0.15) is 0 Å². The summed E-state index contributed by atoms with van der Waals surface area (Å²) < 4.78 is 0. The molecule has 0 saturated carbocycles. The SMILES string of the molecule is CN(N=O)c1ccc([N+](=O)[O-])cc1C(=O)c1ccccc1. The van der Waals surface area contributed by atoms with E-state index in [0.717, 1.165) is 11.1 Å². The van der Waals surface area contributed by atoms with Gasteiger partial charge in [0.15, 0.2) is 5.78 Å². The summed E-state index contributed by atoms with van der Waals surface area (Å²) in [4.78, 5) is 33.4. The summed E-state index contributed by atoms with van der Waals surface area (Å²) in [7, 11) is 1.37. The van der Waals surface area contributed by atoms with E-state index in [1.165, 1.54) is 19.2 Å². The van der Waals surface area contributed by atoms with E-state index in [1.807, 2.05) is 0 Å². The van der Waals surface area contributed by atoms with E-state index in [9.17, 15) is 19.8 Å². The molecule has 0 aliphatic carbocycles. The van der Waals surface area contributed by atoms with E-state index in [2.05, 4.69) is 5.29 Å². The average Bonchev–Trinajstić information content (AvgIpc) is 2.53. The number of hydrogen-bond acceptors (Lipinski definition) is 5. The van der Waals surface area contributed by atoms with E-state index >= 15 is 0 Å². The number of benzene rings is 2. The minimum Gasteiger partial charge on any atom is -0.289 e. The molecule has 0 aromatic heterocycles. The molecular weight excluding hydrogens is 274 g/mol. The number of carbonyl (C=O) groups excluding carboxylic acids is 1. The maximum atomic E-state index is 12.5. The van der Waals surface area contributed by atoms with Crippen molar-refractivity contribution < 1.29 is 9.72 Å². The number of nitro benzene ring substituents is 1. The molecule has 0 spiro atoms. The van der Waals surface area contributed by atoms with Gasteiger partial charge in [-0.25, -0.2) is 5.01 Å². The number of nitro groups is 1. The van der Waals surface area contributed by atoms with Gasteiger partial charge in [-0.15, -0.1) is 4.91 Å². The van der Waals surface area contributed by atoms with Crippen molar-refractivity contribution in [1.82, 2.24) is 0 Å². The molecule has 2 aromatic carbocycles. The van der Waals surface area contributed by atoms with Crippen LogP contribution in [0.4, 0.5) is 11.4 Å². The molecule has 0 atom stereocenters. The third-order valence-electron chi connectivity index (χ3n) is 2.94. The first kappa shape index (κ1) is 14.3. The van der Waals surface area contributed by atoms with E-state index in [-0.39, 0.29) is 16.9 Å². The highest BCUT2D eigenvalue weighted by Crippen LogP contribution is 2.27. The van der Waals surface area contributed by atoms with Gasteiger partial charge in [0.1, 0.15) is 0 Å². The molecule has 0 aliphatic rings. The van der Waals surface area contributed by atoms with E-state index in [1.54, 1.807) is 30.3 Å². The number of hydrogen-bond donors (Lipinski definition) is 0. The van der Waals surface area contributed by atoms with Crippen molar-refractivity contribution >= 4 is 17.2 Å². The molecular formula is C14H11N3O4. The Hall–Kier alpha value is -3.09. The highest BCUT2D eigenvalue weighted by Gasteiger charge is 2.20. The summed E-state index contributed by atoms with van der Waals surface area (Å²) in [5, 5.41) is 14.5. The van der Waals surface area contributed by atoms with Crippen molar-refractivity contribution in [3.05, 3.63) is 74.7 Å². The Morgan fingerprint density at radius 3 is 2.43 bits per heavy atom. The van der Waals surface area contributed by atoms with Gasteiger partial charge in [0.2, 0.25) is 0 Å².